The van der Waals surface area contributed by atoms with Gasteiger partial charge in [-0.15, -0.1) is 0 Å². The molecule has 0 bridgehead atoms. The highest BCUT2D eigenvalue weighted by Crippen LogP contribution is 2.64. The molecule has 0 saturated heterocycles. The van der Waals surface area contributed by atoms with Gasteiger partial charge in [-0.2, -0.15) is 0 Å². The predicted octanol–water partition coefficient (Wildman–Crippen LogP) is 14.8. The van der Waals surface area contributed by atoms with Gasteiger partial charge in [-0.05, 0) is 86.3 Å². The van der Waals surface area contributed by atoms with Crippen molar-refractivity contribution < 1.29 is 4.74 Å². The van der Waals surface area contributed by atoms with Crippen molar-refractivity contribution in [1.82, 2.24) is 0 Å². The lowest BCUT2D eigenvalue weighted by molar-refractivity contribution is 0.430. The number of hydrogen-bond acceptors (Lipinski definition) is 2. The van der Waals surface area contributed by atoms with Gasteiger partial charge in [-0.25, -0.2) is 0 Å². The highest BCUT2D eigenvalue weighted by atomic mass is 16.5. The highest BCUT2D eigenvalue weighted by Gasteiger charge is 2.54. The smallest absolute Gasteiger partial charge is 0.140 e. The summed E-state index contributed by atoms with van der Waals surface area (Å²) in [6.07, 6.45) is 0. The van der Waals surface area contributed by atoms with Crippen LogP contribution in [0.1, 0.15) is 47.2 Å². The Morgan fingerprint density at radius 1 is 0.379 bits per heavy atom. The number of benzene rings is 9. The van der Waals surface area contributed by atoms with E-state index in [1.807, 2.05) is 0 Å². The summed E-state index contributed by atoms with van der Waals surface area (Å²) in [5.74, 6) is 1.81. The Kier molecular flexibility index (Phi) is 7.78. The lowest BCUT2D eigenvalue weighted by Crippen LogP contribution is -2.44. The first-order valence-corrected chi connectivity index (χ1v) is 20.2. The Hall–Kier alpha value is -7.16. The molecule has 58 heavy (non-hydrogen) atoms. The van der Waals surface area contributed by atoms with Gasteiger partial charge in [0.25, 0.3) is 0 Å². The summed E-state index contributed by atoms with van der Waals surface area (Å²) in [4.78, 5) is 2.47. The topological polar surface area (TPSA) is 12.5 Å². The van der Waals surface area contributed by atoms with E-state index in [1.54, 1.807) is 0 Å². The highest BCUT2D eigenvalue weighted by molar-refractivity contribution is 5.94. The van der Waals surface area contributed by atoms with Crippen LogP contribution in [0.3, 0.4) is 0 Å². The van der Waals surface area contributed by atoms with Crippen LogP contribution in [0.2, 0.25) is 0 Å². The fourth-order valence-corrected chi connectivity index (χ4v) is 9.97. The first-order chi connectivity index (χ1) is 28.5. The third kappa shape index (κ3) is 5.05. The number of fused-ring (bicyclic) bond motifs is 10. The minimum absolute atomic E-state index is 0.371. The quantitative estimate of drug-likeness (QED) is 0.174. The van der Waals surface area contributed by atoms with E-state index >= 15 is 0 Å². The summed E-state index contributed by atoms with van der Waals surface area (Å²) in [5.41, 5.74) is 14.6. The average Bonchev–Trinajstić information content (AvgIpc) is 3.29. The minimum Gasteiger partial charge on any atom is -0.456 e. The molecular formula is C56H41NO. The lowest BCUT2D eigenvalue weighted by Gasteiger charge is -2.51. The number of nitrogens with zero attached hydrogens (tertiary/aromatic N) is 1. The second-order valence-corrected chi connectivity index (χ2v) is 16.0. The van der Waals surface area contributed by atoms with E-state index in [2.05, 4.69) is 231 Å². The molecule has 2 heteroatoms. The molecule has 1 atom stereocenters. The van der Waals surface area contributed by atoms with Crippen molar-refractivity contribution in [2.75, 3.05) is 4.90 Å². The molecule has 0 radical (unpaired) electrons. The molecule has 1 unspecified atom stereocenters. The molecule has 0 saturated carbocycles. The maximum Gasteiger partial charge on any atom is 0.140 e. The average molecular weight is 744 g/mol. The zero-order valence-corrected chi connectivity index (χ0v) is 32.6. The fraction of sp³-hybridized carbons (Fsp3) is 0.0714. The van der Waals surface area contributed by atoms with Crippen LogP contribution in [0, 0.1) is 0 Å². The van der Waals surface area contributed by atoms with Crippen LogP contribution in [0.15, 0.2) is 212 Å². The van der Waals surface area contributed by atoms with Gasteiger partial charge in [0.05, 0.1) is 11.1 Å². The van der Waals surface area contributed by atoms with Gasteiger partial charge >= 0.3 is 0 Å². The van der Waals surface area contributed by atoms with E-state index in [0.29, 0.717) is 0 Å². The number of hydrogen-bond donors (Lipinski definition) is 0. The standard InChI is InChI=1S/C56H41NO/c1-55(2)46-22-11-12-23-47(46)56(48-24-13-14-27-52(48)58-54-45-21-10-9-20-42(45)32-37-50(54)56)49-25-15-26-51(53(49)55)57(43-33-28-40(29-34-43)38-16-5-3-6-17-38)44-35-30-41(31-36-44)39-18-7-4-8-19-39/h3-37H,1-2H3. The van der Waals surface area contributed by atoms with E-state index in [1.165, 1.54) is 49.9 Å². The summed E-state index contributed by atoms with van der Waals surface area (Å²) >= 11 is 0. The van der Waals surface area contributed by atoms with Crippen molar-refractivity contribution in [3.05, 3.63) is 246 Å². The Balaban J connectivity index is 1.21. The third-order valence-electron chi connectivity index (χ3n) is 12.6. The monoisotopic (exact) mass is 743 g/mol. The molecule has 1 heterocycles. The first-order valence-electron chi connectivity index (χ1n) is 20.2. The normalized spacial score (nSPS) is 15.8. The maximum absolute atomic E-state index is 7.00. The van der Waals surface area contributed by atoms with E-state index in [-0.39, 0.29) is 5.41 Å². The Morgan fingerprint density at radius 3 is 1.55 bits per heavy atom. The van der Waals surface area contributed by atoms with Gasteiger partial charge in [-0.1, -0.05) is 190 Å². The van der Waals surface area contributed by atoms with E-state index in [4.69, 9.17) is 4.74 Å². The number of ether oxygens (including phenoxy) is 1. The van der Waals surface area contributed by atoms with Crippen LogP contribution in [0.25, 0.3) is 33.0 Å². The number of para-hydroxylation sites is 1. The number of anilines is 3. The second-order valence-electron chi connectivity index (χ2n) is 16.0. The summed E-state index contributed by atoms with van der Waals surface area (Å²) in [6.45, 7) is 4.81. The molecule has 2 aliphatic rings. The Bertz CT molecular complexity index is 2900. The molecule has 276 valence electrons. The van der Waals surface area contributed by atoms with E-state index < -0.39 is 5.41 Å². The molecule has 0 fully saturated rings. The van der Waals surface area contributed by atoms with Crippen LogP contribution in [-0.4, -0.2) is 0 Å². The predicted molar refractivity (Wildman–Crippen MR) is 240 cm³/mol. The third-order valence-corrected chi connectivity index (χ3v) is 12.6. The van der Waals surface area contributed by atoms with Crippen LogP contribution in [-0.2, 0) is 10.8 Å². The van der Waals surface area contributed by atoms with Crippen LogP contribution < -0.4 is 9.64 Å². The number of rotatable bonds is 5. The van der Waals surface area contributed by atoms with Gasteiger partial charge in [0.2, 0.25) is 0 Å². The van der Waals surface area contributed by atoms with Crippen molar-refractivity contribution in [1.29, 1.82) is 0 Å². The maximum atomic E-state index is 7.00. The largest absolute Gasteiger partial charge is 0.456 e. The summed E-state index contributed by atoms with van der Waals surface area (Å²) in [6, 6.07) is 77.3. The molecule has 0 N–H and O–H groups in total. The van der Waals surface area contributed by atoms with E-state index in [9.17, 15) is 0 Å². The van der Waals surface area contributed by atoms with E-state index in [0.717, 1.165) is 45.1 Å². The first kappa shape index (κ1) is 34.1. The van der Waals surface area contributed by atoms with Gasteiger partial charge < -0.3 is 9.64 Å². The fourth-order valence-electron chi connectivity index (χ4n) is 9.97. The molecule has 0 amide bonds. The SMILES string of the molecule is CC1(C)c2ccccc2C2(c3ccccc3Oc3c2ccc2ccccc32)c2cccc(N(c3ccc(-c4ccccc4)cc3)c3ccc(-c4ccccc4)cc3)c21. The van der Waals surface area contributed by atoms with Gasteiger partial charge in [0.1, 0.15) is 11.5 Å². The zero-order valence-electron chi connectivity index (χ0n) is 32.6. The van der Waals surface area contributed by atoms with Crippen LogP contribution in [0.4, 0.5) is 17.1 Å². The second kappa shape index (κ2) is 13.2. The Morgan fingerprint density at radius 2 is 0.897 bits per heavy atom. The summed E-state index contributed by atoms with van der Waals surface area (Å²) < 4.78 is 7.00. The van der Waals surface area contributed by atoms with Crippen molar-refractivity contribution >= 4 is 27.8 Å². The molecule has 1 aliphatic carbocycles. The molecule has 9 aromatic carbocycles. The molecule has 2 nitrogen and oxygen atoms in total. The van der Waals surface area contributed by atoms with Crippen molar-refractivity contribution in [2.24, 2.45) is 0 Å². The van der Waals surface area contributed by atoms with Crippen LogP contribution in [0.5, 0.6) is 11.5 Å². The molecule has 1 aliphatic heterocycles. The minimum atomic E-state index is -0.647. The molecule has 11 rings (SSSR count). The van der Waals surface area contributed by atoms with Crippen LogP contribution >= 0.6 is 0 Å². The Labute approximate surface area is 340 Å². The van der Waals surface area contributed by atoms with Crippen molar-refractivity contribution in [3.63, 3.8) is 0 Å². The lowest BCUT2D eigenvalue weighted by atomic mass is 9.53. The van der Waals surface area contributed by atoms with Gasteiger partial charge in [-0.3, -0.25) is 0 Å². The molecule has 1 spiro atoms. The molecule has 9 aromatic rings. The molecular weight excluding hydrogens is 703 g/mol. The van der Waals surface area contributed by atoms with Gasteiger partial charge in [0, 0.05) is 33.3 Å². The van der Waals surface area contributed by atoms with Crippen molar-refractivity contribution in [3.8, 4) is 33.8 Å². The summed E-state index contributed by atoms with van der Waals surface area (Å²) in [7, 11) is 0. The molecule has 0 aromatic heterocycles. The summed E-state index contributed by atoms with van der Waals surface area (Å²) in [5, 5.41) is 2.28. The van der Waals surface area contributed by atoms with Gasteiger partial charge in [0.15, 0.2) is 0 Å². The zero-order chi connectivity index (χ0) is 38.8. The van der Waals surface area contributed by atoms with Crippen molar-refractivity contribution in [2.45, 2.75) is 24.7 Å².